The van der Waals surface area contributed by atoms with Gasteiger partial charge in [-0.3, -0.25) is 14.3 Å². The van der Waals surface area contributed by atoms with Crippen LogP contribution in [0.1, 0.15) is 46.0 Å². The molecule has 1 saturated heterocycles. The predicted molar refractivity (Wildman–Crippen MR) is 93.8 cm³/mol. The minimum atomic E-state index is -0.854. The minimum Gasteiger partial charge on any atom is -0.481 e. The number of aromatic nitrogens is 2. The van der Waals surface area contributed by atoms with Crippen LogP contribution in [0.25, 0.3) is 0 Å². The Morgan fingerprint density at radius 2 is 2.00 bits per heavy atom. The number of nitrogens with zero attached hydrogens (tertiary/aromatic N) is 3. The highest BCUT2D eigenvalue weighted by molar-refractivity contribution is 5.86. The summed E-state index contributed by atoms with van der Waals surface area (Å²) in [5.41, 5.74) is -0.127. The highest BCUT2D eigenvalue weighted by Crippen LogP contribution is 2.49. The summed E-state index contributed by atoms with van der Waals surface area (Å²) in [7, 11) is 0. The number of carboxylic acids is 1. The van der Waals surface area contributed by atoms with E-state index in [2.05, 4.69) is 5.10 Å². The van der Waals surface area contributed by atoms with E-state index in [0.717, 1.165) is 24.8 Å². The molecule has 1 atom stereocenters. The number of likely N-dealkylation sites (tertiary alicyclic amines) is 1. The first-order valence-corrected chi connectivity index (χ1v) is 9.01. The van der Waals surface area contributed by atoms with Crippen molar-refractivity contribution in [3.05, 3.63) is 30.1 Å². The maximum Gasteiger partial charge on any atom is 0.311 e. The minimum absolute atomic E-state index is 0.102. The largest absolute Gasteiger partial charge is 0.481 e. The lowest BCUT2D eigenvalue weighted by Gasteiger charge is -2.41. The number of hydrogen-bond donors (Lipinski definition) is 1. The van der Waals surface area contributed by atoms with Crippen LogP contribution in [-0.2, 0) is 16.1 Å². The summed E-state index contributed by atoms with van der Waals surface area (Å²) < 4.78 is 1.81. The average Bonchev–Trinajstić information content (AvgIpc) is 3.18. The fraction of sp³-hybridized carbons (Fsp3) is 0.632. The second-order valence-electron chi connectivity index (χ2n) is 7.89. The molecule has 2 heterocycles. The third-order valence-corrected chi connectivity index (χ3v) is 5.55. The van der Waals surface area contributed by atoms with E-state index in [-0.39, 0.29) is 11.3 Å². The van der Waals surface area contributed by atoms with Crippen LogP contribution in [-0.4, -0.2) is 44.8 Å². The standard InChI is InChI=1S/C19H27N3O3/c1-15(2)5-7-19(17(24)25)6-3-11-21(13-19)16(23)18(8-9-18)14-22-12-4-10-20-22/h4-5,10,12H,3,6-9,11,13-14H2,1-2H3,(H,24,25)/t19-/m1/s1. The van der Waals surface area contributed by atoms with Crippen molar-refractivity contribution in [1.29, 1.82) is 0 Å². The van der Waals surface area contributed by atoms with Gasteiger partial charge in [-0.2, -0.15) is 5.10 Å². The number of allylic oxidation sites excluding steroid dienone is 2. The van der Waals surface area contributed by atoms with Gasteiger partial charge in [0.25, 0.3) is 0 Å². The zero-order chi connectivity index (χ0) is 18.1. The molecular weight excluding hydrogens is 318 g/mol. The molecule has 6 nitrogen and oxygen atoms in total. The zero-order valence-electron chi connectivity index (χ0n) is 15.1. The van der Waals surface area contributed by atoms with E-state index in [0.29, 0.717) is 32.5 Å². The molecule has 25 heavy (non-hydrogen) atoms. The number of amides is 1. The summed E-state index contributed by atoms with van der Waals surface area (Å²) in [6.07, 6.45) is 9.15. The summed E-state index contributed by atoms with van der Waals surface area (Å²) in [6, 6.07) is 1.86. The SMILES string of the molecule is CC(C)=CC[C@]1(C(=O)O)CCCN(C(=O)C2(Cn3cccn3)CC2)C1. The predicted octanol–water partition coefficient (Wildman–Crippen LogP) is 2.71. The highest BCUT2D eigenvalue weighted by Gasteiger charge is 2.54. The molecule has 2 aliphatic rings. The van der Waals surface area contributed by atoms with Crippen LogP contribution in [0.3, 0.4) is 0 Å². The van der Waals surface area contributed by atoms with Crippen molar-refractivity contribution in [2.75, 3.05) is 13.1 Å². The molecule has 1 amide bonds. The normalized spacial score (nSPS) is 24.6. The number of aliphatic carboxylic acids is 1. The van der Waals surface area contributed by atoms with Gasteiger partial charge in [-0.25, -0.2) is 0 Å². The van der Waals surface area contributed by atoms with E-state index in [1.54, 1.807) is 11.1 Å². The van der Waals surface area contributed by atoms with E-state index >= 15 is 0 Å². The quantitative estimate of drug-likeness (QED) is 0.805. The Hall–Kier alpha value is -2.11. The van der Waals surface area contributed by atoms with Crippen LogP contribution >= 0.6 is 0 Å². The van der Waals surface area contributed by atoms with Crippen molar-refractivity contribution >= 4 is 11.9 Å². The van der Waals surface area contributed by atoms with E-state index in [9.17, 15) is 14.7 Å². The third-order valence-electron chi connectivity index (χ3n) is 5.55. The number of hydrogen-bond acceptors (Lipinski definition) is 3. The van der Waals surface area contributed by atoms with Gasteiger partial charge in [0, 0.05) is 25.5 Å². The van der Waals surface area contributed by atoms with Crippen molar-refractivity contribution in [1.82, 2.24) is 14.7 Å². The Balaban J connectivity index is 1.74. The average molecular weight is 345 g/mol. The van der Waals surface area contributed by atoms with Gasteiger partial charge in [-0.15, -0.1) is 0 Å². The zero-order valence-corrected chi connectivity index (χ0v) is 15.1. The summed E-state index contributed by atoms with van der Waals surface area (Å²) in [4.78, 5) is 26.9. The molecule has 0 aromatic carbocycles. The molecule has 2 fully saturated rings. The summed E-state index contributed by atoms with van der Waals surface area (Å²) in [6.45, 7) is 5.51. The third kappa shape index (κ3) is 3.62. The molecule has 0 spiro atoms. The number of carbonyl (C=O) groups is 2. The Morgan fingerprint density at radius 1 is 1.24 bits per heavy atom. The molecule has 1 N–H and O–H groups in total. The first-order chi connectivity index (χ1) is 11.9. The second-order valence-corrected chi connectivity index (χ2v) is 7.89. The lowest BCUT2D eigenvalue weighted by Crippen LogP contribution is -2.52. The highest BCUT2D eigenvalue weighted by atomic mass is 16.4. The summed E-state index contributed by atoms with van der Waals surface area (Å²) in [5.74, 6) is -0.690. The van der Waals surface area contributed by atoms with E-state index in [1.165, 1.54) is 0 Å². The van der Waals surface area contributed by atoms with Crippen molar-refractivity contribution < 1.29 is 14.7 Å². The van der Waals surface area contributed by atoms with Gasteiger partial charge in [0.15, 0.2) is 0 Å². The molecule has 0 bridgehead atoms. The van der Waals surface area contributed by atoms with Crippen molar-refractivity contribution in [2.45, 2.75) is 52.5 Å². The first kappa shape index (κ1) is 17.7. The Morgan fingerprint density at radius 3 is 2.56 bits per heavy atom. The molecule has 1 aromatic heterocycles. The molecule has 0 unspecified atom stereocenters. The fourth-order valence-corrected chi connectivity index (χ4v) is 3.76. The number of carbonyl (C=O) groups excluding carboxylic acids is 1. The molecule has 1 aromatic rings. The molecular formula is C19H27N3O3. The first-order valence-electron chi connectivity index (χ1n) is 9.01. The number of carboxylic acid groups (broad SMARTS) is 1. The van der Waals surface area contributed by atoms with Crippen LogP contribution in [0.2, 0.25) is 0 Å². The molecule has 1 aliphatic carbocycles. The maximum atomic E-state index is 13.1. The number of rotatable bonds is 6. The van der Waals surface area contributed by atoms with Gasteiger partial charge in [0.05, 0.1) is 17.4 Å². The van der Waals surface area contributed by atoms with Crippen LogP contribution in [0, 0.1) is 10.8 Å². The van der Waals surface area contributed by atoms with Crippen LogP contribution < -0.4 is 0 Å². The van der Waals surface area contributed by atoms with E-state index in [4.69, 9.17) is 0 Å². The van der Waals surface area contributed by atoms with E-state index < -0.39 is 11.4 Å². The van der Waals surface area contributed by atoms with Gasteiger partial charge in [-0.05, 0) is 52.0 Å². The van der Waals surface area contributed by atoms with Gasteiger partial charge in [-0.1, -0.05) is 11.6 Å². The molecule has 136 valence electrons. The topological polar surface area (TPSA) is 75.4 Å². The molecule has 1 aliphatic heterocycles. The Kier molecular flexibility index (Phi) is 4.71. The van der Waals surface area contributed by atoms with Gasteiger partial charge < -0.3 is 10.0 Å². The van der Waals surface area contributed by atoms with Crippen LogP contribution in [0.15, 0.2) is 30.1 Å². The lowest BCUT2D eigenvalue weighted by atomic mass is 9.76. The second kappa shape index (κ2) is 6.65. The monoisotopic (exact) mass is 345 g/mol. The summed E-state index contributed by atoms with van der Waals surface area (Å²) in [5, 5.41) is 14.1. The molecule has 6 heteroatoms. The van der Waals surface area contributed by atoms with Gasteiger partial charge >= 0.3 is 5.97 Å². The van der Waals surface area contributed by atoms with Crippen molar-refractivity contribution in [2.24, 2.45) is 10.8 Å². The Bertz CT molecular complexity index is 672. The lowest BCUT2D eigenvalue weighted by molar-refractivity contribution is -0.156. The van der Waals surface area contributed by atoms with Crippen molar-refractivity contribution in [3.8, 4) is 0 Å². The van der Waals surface area contributed by atoms with Crippen molar-refractivity contribution in [3.63, 3.8) is 0 Å². The smallest absolute Gasteiger partial charge is 0.311 e. The number of piperidine rings is 1. The molecule has 3 rings (SSSR count). The summed E-state index contributed by atoms with van der Waals surface area (Å²) >= 11 is 0. The van der Waals surface area contributed by atoms with Gasteiger partial charge in [0.2, 0.25) is 5.91 Å². The van der Waals surface area contributed by atoms with E-state index in [1.807, 2.05) is 36.9 Å². The molecule has 1 saturated carbocycles. The van der Waals surface area contributed by atoms with Crippen LogP contribution in [0.4, 0.5) is 0 Å². The fourth-order valence-electron chi connectivity index (χ4n) is 3.76. The molecule has 0 radical (unpaired) electrons. The maximum absolute atomic E-state index is 13.1. The Labute approximate surface area is 148 Å². The van der Waals surface area contributed by atoms with Crippen LogP contribution in [0.5, 0.6) is 0 Å². The van der Waals surface area contributed by atoms with Gasteiger partial charge in [0.1, 0.15) is 0 Å².